The first-order valence-corrected chi connectivity index (χ1v) is 6.74. The standard InChI is InChI=1S/C4H5O4.C2H3O2.Ca/c1-3(5)8-2-4(6)7;1-2(3)4;/h1-2H2,(H,6,7);1H2,(H,3,4);. The molecule has 0 saturated heterocycles. The average Bonchev–Trinajstić information content (AvgIpc) is 2.00. The van der Waals surface area contributed by atoms with Crippen LogP contribution in [0.1, 0.15) is 0 Å². The fourth-order valence-corrected chi connectivity index (χ4v) is 2.02. The first kappa shape index (κ1) is 12.7. The summed E-state index contributed by atoms with van der Waals surface area (Å²) in [5.41, 5.74) is 0. The number of esters is 1. The predicted octanol–water partition coefficient (Wildman–Crippen LogP) is -0.760. The molecular weight excluding hydrogens is 208 g/mol. The maximum absolute atomic E-state index is 10.7. The molecule has 0 heterocycles. The van der Waals surface area contributed by atoms with Crippen LogP contribution in [0.2, 0.25) is 5.04 Å². The molecule has 0 atom stereocenters. The van der Waals surface area contributed by atoms with Gasteiger partial charge in [-0.3, -0.25) is 0 Å². The van der Waals surface area contributed by atoms with Crippen molar-refractivity contribution in [3.63, 3.8) is 0 Å². The average molecular weight is 216 g/mol. The molecule has 0 aliphatic heterocycles. The number of rotatable bonds is 6. The molecule has 0 aromatic rings. The molecule has 0 spiro atoms. The Hall–Kier alpha value is -0.330. The van der Waals surface area contributed by atoms with E-state index in [0.29, 0.717) is 0 Å². The van der Waals surface area contributed by atoms with Crippen LogP contribution in [-0.4, -0.2) is 68.6 Å². The van der Waals surface area contributed by atoms with E-state index in [4.69, 9.17) is 10.2 Å². The van der Waals surface area contributed by atoms with E-state index in [-0.39, 0.29) is 5.04 Å². The number of aliphatic carboxylic acids is 2. The monoisotopic (exact) mass is 216 g/mol. The van der Waals surface area contributed by atoms with Crippen LogP contribution in [0.15, 0.2) is 0 Å². The summed E-state index contributed by atoms with van der Waals surface area (Å²) in [5.74, 6) is -2.73. The Kier molecular flexibility index (Phi) is 6.93. The molecule has 13 heavy (non-hydrogen) atoms. The number of hydrogen-bond acceptors (Lipinski definition) is 4. The van der Waals surface area contributed by atoms with Gasteiger partial charge in [-0.2, -0.15) is 0 Å². The number of ether oxygens (including phenoxy) is 1. The van der Waals surface area contributed by atoms with Crippen LogP contribution in [0, 0.1) is 0 Å². The van der Waals surface area contributed by atoms with Gasteiger partial charge in [0, 0.05) is 0 Å². The van der Waals surface area contributed by atoms with Gasteiger partial charge in [-0.15, -0.1) is 0 Å². The number of carboxylic acids is 2. The molecular formula is C6H8CaO6. The molecule has 0 aromatic heterocycles. The van der Waals surface area contributed by atoms with Crippen LogP contribution < -0.4 is 0 Å². The van der Waals surface area contributed by atoms with Crippen molar-refractivity contribution in [1.29, 1.82) is 0 Å². The molecule has 0 saturated carbocycles. The topological polar surface area (TPSA) is 101 Å². The van der Waals surface area contributed by atoms with Crippen molar-refractivity contribution in [2.75, 3.05) is 6.61 Å². The van der Waals surface area contributed by atoms with Gasteiger partial charge in [0.25, 0.3) is 0 Å². The second-order valence-corrected chi connectivity index (χ2v) is 4.97. The number of carbonyl (C=O) groups excluding carboxylic acids is 1. The molecule has 0 fully saturated rings. The minimum absolute atomic E-state index is 0.0647. The Morgan fingerprint density at radius 3 is 2.15 bits per heavy atom. The number of carboxylic acid groups (broad SMARTS) is 2. The molecule has 0 aliphatic carbocycles. The van der Waals surface area contributed by atoms with Crippen molar-refractivity contribution in [3.8, 4) is 0 Å². The minimum atomic E-state index is -1.40. The Labute approximate surface area is 92.2 Å². The van der Waals surface area contributed by atoms with Gasteiger partial charge >= 0.3 is 92.7 Å². The van der Waals surface area contributed by atoms with E-state index < -0.39 is 58.4 Å². The molecule has 0 bridgehead atoms. The SMILES string of the molecule is O=C(O)COC(=O)[CH2][Ca][CH2]C(=O)O. The van der Waals surface area contributed by atoms with Crippen molar-refractivity contribution in [3.05, 3.63) is 0 Å². The summed E-state index contributed by atoms with van der Waals surface area (Å²) in [7, 11) is 0. The Bertz CT molecular complexity index is 213. The van der Waals surface area contributed by atoms with Crippen molar-refractivity contribution in [2.45, 2.75) is 5.04 Å². The zero-order chi connectivity index (χ0) is 10.3. The van der Waals surface area contributed by atoms with Gasteiger partial charge in [0.15, 0.2) is 0 Å². The van der Waals surface area contributed by atoms with Crippen LogP contribution in [0.25, 0.3) is 0 Å². The van der Waals surface area contributed by atoms with Crippen molar-refractivity contribution >= 4 is 51.7 Å². The van der Waals surface area contributed by atoms with E-state index >= 15 is 0 Å². The molecule has 0 amide bonds. The molecule has 6 nitrogen and oxygen atoms in total. The van der Waals surface area contributed by atoms with Crippen LogP contribution in [0.4, 0.5) is 0 Å². The Morgan fingerprint density at radius 1 is 1.08 bits per heavy atom. The molecule has 0 rings (SSSR count). The first-order valence-electron chi connectivity index (χ1n) is 3.61. The second kappa shape index (κ2) is 7.11. The molecule has 0 aliphatic rings. The molecule has 7 heteroatoms. The van der Waals surface area contributed by atoms with Crippen molar-refractivity contribution in [1.82, 2.24) is 0 Å². The molecule has 0 radical (unpaired) electrons. The van der Waals surface area contributed by atoms with Crippen molar-refractivity contribution in [2.24, 2.45) is 0 Å². The first-order chi connectivity index (χ1) is 6.02. The van der Waals surface area contributed by atoms with Crippen LogP contribution >= 0.6 is 0 Å². The molecule has 70 valence electrons. The summed E-state index contributed by atoms with van der Waals surface area (Å²) in [4.78, 5) is 30.7. The second-order valence-electron chi connectivity index (χ2n) is 2.30. The zero-order valence-corrected chi connectivity index (χ0v) is 9.06. The summed E-state index contributed by atoms with van der Waals surface area (Å²) >= 11 is -1.40. The zero-order valence-electron chi connectivity index (χ0n) is 6.86. The number of hydrogen-bond donors (Lipinski definition) is 2. The molecule has 2 N–H and O–H groups in total. The van der Waals surface area contributed by atoms with E-state index in [9.17, 15) is 14.4 Å². The summed E-state index contributed by atoms with van der Waals surface area (Å²) in [6.07, 6.45) is 0. The normalized spacial score (nSPS) is 8.62. The Morgan fingerprint density at radius 2 is 1.69 bits per heavy atom. The van der Waals surface area contributed by atoms with Crippen LogP contribution in [0.3, 0.4) is 0 Å². The third-order valence-corrected chi connectivity index (χ3v) is 3.54. The van der Waals surface area contributed by atoms with E-state index in [1.165, 1.54) is 0 Å². The van der Waals surface area contributed by atoms with Gasteiger partial charge in [-0.1, -0.05) is 0 Å². The van der Waals surface area contributed by atoms with E-state index in [1.807, 2.05) is 0 Å². The van der Waals surface area contributed by atoms with Crippen LogP contribution in [-0.2, 0) is 19.1 Å². The third-order valence-electron chi connectivity index (χ3n) is 1.13. The maximum atomic E-state index is 10.7. The summed E-state index contributed by atoms with van der Waals surface area (Å²) in [5, 5.41) is 16.4. The fraction of sp³-hybridized carbons (Fsp3) is 0.500. The quantitative estimate of drug-likeness (QED) is 0.447. The van der Waals surface area contributed by atoms with E-state index in [1.54, 1.807) is 0 Å². The van der Waals surface area contributed by atoms with Gasteiger partial charge < -0.3 is 0 Å². The van der Waals surface area contributed by atoms with Gasteiger partial charge in [0.1, 0.15) is 0 Å². The van der Waals surface area contributed by atoms with Crippen LogP contribution in [0.5, 0.6) is 0 Å². The Balaban J connectivity index is 3.41. The fourth-order valence-electron chi connectivity index (χ4n) is 0.598. The van der Waals surface area contributed by atoms with Crippen molar-refractivity contribution < 1.29 is 29.3 Å². The predicted molar refractivity (Wildman–Crippen MR) is 41.6 cm³/mol. The van der Waals surface area contributed by atoms with E-state index in [0.717, 1.165) is 0 Å². The third kappa shape index (κ3) is 9.58. The van der Waals surface area contributed by atoms with E-state index in [2.05, 4.69) is 4.74 Å². The summed E-state index contributed by atoms with van der Waals surface area (Å²) < 4.78 is 4.48. The van der Waals surface area contributed by atoms with Gasteiger partial charge in [0.2, 0.25) is 0 Å². The number of carbonyl (C=O) groups is 3. The molecule has 0 aromatic carbocycles. The van der Waals surface area contributed by atoms with Gasteiger partial charge in [0.05, 0.1) is 0 Å². The summed E-state index contributed by atoms with van der Waals surface area (Å²) in [6, 6.07) is 0. The van der Waals surface area contributed by atoms with Gasteiger partial charge in [-0.25, -0.2) is 0 Å². The van der Waals surface area contributed by atoms with Gasteiger partial charge in [-0.05, 0) is 0 Å². The molecule has 0 unspecified atom stereocenters. The summed E-state index contributed by atoms with van der Waals surface area (Å²) in [6.45, 7) is -0.645.